The van der Waals surface area contributed by atoms with Gasteiger partial charge in [0.15, 0.2) is 0 Å². The summed E-state index contributed by atoms with van der Waals surface area (Å²) in [4.78, 5) is 4.74. The topological polar surface area (TPSA) is 21.3 Å². The zero-order valence-electron chi connectivity index (χ0n) is 4.40. The molecule has 2 heteroatoms. The maximum atomic E-state index is 4.74. The van der Waals surface area contributed by atoms with Gasteiger partial charge in [0.25, 0.3) is 0 Å². The minimum Gasteiger partial charge on any atom is -0.416 e. The molecule has 40 valence electrons. The third kappa shape index (κ3) is 0.933. The minimum absolute atomic E-state index is 0.899. The summed E-state index contributed by atoms with van der Waals surface area (Å²) < 4.78 is 0. The van der Waals surface area contributed by atoms with Crippen molar-refractivity contribution in [2.75, 3.05) is 6.54 Å². The van der Waals surface area contributed by atoms with Gasteiger partial charge in [0.1, 0.15) is 6.26 Å². The van der Waals surface area contributed by atoms with Crippen LogP contribution in [0.5, 0.6) is 0 Å². The summed E-state index contributed by atoms with van der Waals surface area (Å²) in [7, 11) is 0. The highest BCUT2D eigenvalue weighted by Gasteiger charge is 1.99. The molecule has 1 rings (SSSR count). The van der Waals surface area contributed by atoms with Crippen molar-refractivity contribution in [3.05, 3.63) is 11.8 Å². The van der Waals surface area contributed by atoms with Gasteiger partial charge in [0.05, 0.1) is 6.54 Å². The van der Waals surface area contributed by atoms with Crippen molar-refractivity contribution in [1.29, 1.82) is 0 Å². The average Bonchev–Trinajstić information content (AvgIpc) is 2.14. The van der Waals surface area contributed by atoms with Crippen molar-refractivity contribution in [2.24, 2.45) is 0 Å². The van der Waals surface area contributed by atoms with Gasteiger partial charge < -0.3 is 4.84 Å². The third-order valence-electron chi connectivity index (χ3n) is 1.06. The summed E-state index contributed by atoms with van der Waals surface area (Å²) in [6, 6.07) is 0. The molecule has 1 heterocycles. The molecule has 0 aromatic carbocycles. The Morgan fingerprint density at radius 3 is 3.14 bits per heavy atom. The highest BCUT2D eigenvalue weighted by molar-refractivity contribution is 5.01. The van der Waals surface area contributed by atoms with Gasteiger partial charge in [-0.05, 0) is 12.0 Å². The van der Waals surface area contributed by atoms with Gasteiger partial charge in [-0.2, -0.15) is 5.48 Å². The van der Waals surface area contributed by atoms with Gasteiger partial charge in [0, 0.05) is 0 Å². The van der Waals surface area contributed by atoms with E-state index < -0.39 is 0 Å². The molecule has 2 nitrogen and oxygen atoms in total. The normalized spacial score (nSPS) is 18.7. The van der Waals surface area contributed by atoms with E-state index in [2.05, 4.69) is 12.4 Å². The molecule has 0 unspecified atom stereocenters. The molecule has 1 N–H and O–H groups in total. The van der Waals surface area contributed by atoms with Crippen LogP contribution in [-0.2, 0) is 4.84 Å². The largest absolute Gasteiger partial charge is 0.416 e. The Morgan fingerprint density at radius 2 is 2.86 bits per heavy atom. The van der Waals surface area contributed by atoms with E-state index in [1.165, 1.54) is 5.57 Å². The zero-order valence-corrected chi connectivity index (χ0v) is 4.40. The lowest BCUT2D eigenvalue weighted by Gasteiger charge is -1.86. The monoisotopic (exact) mass is 99.1 g/mol. The van der Waals surface area contributed by atoms with Crippen molar-refractivity contribution in [3.8, 4) is 0 Å². The molecule has 0 aromatic heterocycles. The lowest BCUT2D eigenvalue weighted by Crippen LogP contribution is -2.05. The number of hydrogen-bond donors (Lipinski definition) is 1. The van der Waals surface area contributed by atoms with E-state index in [9.17, 15) is 0 Å². The number of rotatable bonds is 1. The van der Waals surface area contributed by atoms with Crippen LogP contribution in [0.3, 0.4) is 0 Å². The Bertz CT molecular complexity index is 88.1. The highest BCUT2D eigenvalue weighted by Crippen LogP contribution is 2.02. The molecule has 1 aliphatic heterocycles. The average molecular weight is 99.1 g/mol. The molecule has 0 aromatic rings. The fraction of sp³-hybridized carbons (Fsp3) is 0.600. The Labute approximate surface area is 43.1 Å². The van der Waals surface area contributed by atoms with E-state index in [0.29, 0.717) is 0 Å². The fourth-order valence-corrected chi connectivity index (χ4v) is 0.509. The number of nitrogens with one attached hydrogen (secondary N) is 1. The van der Waals surface area contributed by atoms with Crippen LogP contribution in [0, 0.1) is 0 Å². The van der Waals surface area contributed by atoms with Crippen molar-refractivity contribution in [3.63, 3.8) is 0 Å². The van der Waals surface area contributed by atoms with Gasteiger partial charge in [0.2, 0.25) is 0 Å². The molecule has 0 atom stereocenters. The number of hydroxylamine groups is 1. The predicted octanol–water partition coefficient (Wildman–Crippen LogP) is 0.815. The summed E-state index contributed by atoms with van der Waals surface area (Å²) >= 11 is 0. The predicted molar refractivity (Wildman–Crippen MR) is 27.5 cm³/mol. The summed E-state index contributed by atoms with van der Waals surface area (Å²) in [6.45, 7) is 3.01. The van der Waals surface area contributed by atoms with E-state index in [0.717, 1.165) is 13.0 Å². The van der Waals surface area contributed by atoms with Crippen LogP contribution >= 0.6 is 0 Å². The molecule has 1 aliphatic rings. The van der Waals surface area contributed by atoms with Gasteiger partial charge in [-0.25, -0.2) is 0 Å². The van der Waals surface area contributed by atoms with E-state index in [-0.39, 0.29) is 0 Å². The third-order valence-corrected chi connectivity index (χ3v) is 1.06. The second kappa shape index (κ2) is 1.98. The van der Waals surface area contributed by atoms with Crippen LogP contribution < -0.4 is 5.48 Å². The second-order valence-electron chi connectivity index (χ2n) is 1.57. The summed E-state index contributed by atoms with van der Waals surface area (Å²) in [5.74, 6) is 0. The lowest BCUT2D eigenvalue weighted by atomic mass is 10.2. The lowest BCUT2D eigenvalue weighted by molar-refractivity contribution is 0.168. The van der Waals surface area contributed by atoms with Crippen molar-refractivity contribution in [2.45, 2.75) is 13.3 Å². The van der Waals surface area contributed by atoms with Gasteiger partial charge >= 0.3 is 0 Å². The highest BCUT2D eigenvalue weighted by atomic mass is 16.6. The molecule has 0 fully saturated rings. The van der Waals surface area contributed by atoms with Gasteiger partial charge in [-0.1, -0.05) is 6.92 Å². The molecule has 7 heavy (non-hydrogen) atoms. The van der Waals surface area contributed by atoms with Crippen LogP contribution in [0.1, 0.15) is 13.3 Å². The Morgan fingerprint density at radius 1 is 2.00 bits per heavy atom. The maximum Gasteiger partial charge on any atom is 0.111 e. The van der Waals surface area contributed by atoms with E-state index in [1.807, 2.05) is 0 Å². The molecule has 0 bridgehead atoms. The molecule has 0 amide bonds. The molecule has 0 saturated heterocycles. The Kier molecular flexibility index (Phi) is 1.32. The zero-order chi connectivity index (χ0) is 5.11. The summed E-state index contributed by atoms with van der Waals surface area (Å²) in [6.07, 6.45) is 2.85. The van der Waals surface area contributed by atoms with Crippen molar-refractivity contribution in [1.82, 2.24) is 5.48 Å². The van der Waals surface area contributed by atoms with Crippen LogP contribution in [0.4, 0.5) is 0 Å². The van der Waals surface area contributed by atoms with Crippen LogP contribution in [0.25, 0.3) is 0 Å². The van der Waals surface area contributed by atoms with Crippen LogP contribution in [0.15, 0.2) is 11.8 Å². The summed E-state index contributed by atoms with van der Waals surface area (Å²) in [5.41, 5.74) is 4.06. The Balaban J connectivity index is 2.36. The SMILES string of the molecule is CCC1=CONC1. The van der Waals surface area contributed by atoms with E-state index in [4.69, 9.17) is 4.84 Å². The molecule has 0 aliphatic carbocycles. The molecule has 0 saturated carbocycles. The smallest absolute Gasteiger partial charge is 0.111 e. The first-order valence-electron chi connectivity index (χ1n) is 2.50. The molecule has 0 spiro atoms. The Hall–Kier alpha value is -0.500. The van der Waals surface area contributed by atoms with Crippen molar-refractivity contribution < 1.29 is 4.84 Å². The minimum atomic E-state index is 0.899. The van der Waals surface area contributed by atoms with E-state index >= 15 is 0 Å². The summed E-state index contributed by atoms with van der Waals surface area (Å²) in [5, 5.41) is 0. The first-order valence-corrected chi connectivity index (χ1v) is 2.50. The van der Waals surface area contributed by atoms with Crippen LogP contribution in [0.2, 0.25) is 0 Å². The van der Waals surface area contributed by atoms with Crippen molar-refractivity contribution >= 4 is 0 Å². The maximum absolute atomic E-state index is 4.74. The van der Waals surface area contributed by atoms with E-state index in [1.54, 1.807) is 6.26 Å². The molecular formula is C5H9NO. The van der Waals surface area contributed by atoms with Gasteiger partial charge in [-0.15, -0.1) is 0 Å². The fourth-order valence-electron chi connectivity index (χ4n) is 0.509. The molecular weight excluding hydrogens is 90.1 g/mol. The quantitative estimate of drug-likeness (QED) is 0.525. The van der Waals surface area contributed by atoms with Crippen LogP contribution in [-0.4, -0.2) is 6.54 Å². The molecule has 0 radical (unpaired) electrons. The first kappa shape index (κ1) is 4.65. The second-order valence-corrected chi connectivity index (χ2v) is 1.57. The first-order chi connectivity index (χ1) is 3.43. The standard InChI is InChI=1S/C5H9NO/c1-2-5-3-6-7-4-5/h4,6H,2-3H2,1H3. The van der Waals surface area contributed by atoms with Gasteiger partial charge in [-0.3, -0.25) is 0 Å². The number of hydrogen-bond acceptors (Lipinski definition) is 2.